The van der Waals surface area contributed by atoms with Gasteiger partial charge in [0.15, 0.2) is 5.69 Å². The largest absolute Gasteiger partial charge is 0.476 e. The molecule has 2 heterocycles. The fraction of sp³-hybridized carbons (Fsp3) is 0.389. The van der Waals surface area contributed by atoms with Crippen molar-refractivity contribution in [3.8, 4) is 10.6 Å². The molecule has 0 saturated carbocycles. The van der Waals surface area contributed by atoms with E-state index < -0.39 is 11.4 Å². The number of carbonyl (C=O) groups is 2. The van der Waals surface area contributed by atoms with Crippen LogP contribution in [0.3, 0.4) is 0 Å². The number of ether oxygens (including phenoxy) is 1. The van der Waals surface area contributed by atoms with Gasteiger partial charge in [0.05, 0.1) is 12.0 Å². The van der Waals surface area contributed by atoms with E-state index in [1.807, 2.05) is 31.2 Å². The van der Waals surface area contributed by atoms with Gasteiger partial charge >= 0.3 is 5.97 Å². The molecule has 1 aromatic carbocycles. The number of thiazole rings is 1. The van der Waals surface area contributed by atoms with Gasteiger partial charge < -0.3 is 15.2 Å². The molecule has 1 unspecified atom stereocenters. The third kappa shape index (κ3) is 4.05. The van der Waals surface area contributed by atoms with E-state index in [0.29, 0.717) is 18.2 Å². The summed E-state index contributed by atoms with van der Waals surface area (Å²) in [4.78, 5) is 27.5. The first-order chi connectivity index (χ1) is 12.0. The molecule has 0 spiro atoms. The highest BCUT2D eigenvalue weighted by molar-refractivity contribution is 7.13. The highest BCUT2D eigenvalue weighted by Crippen LogP contribution is 2.28. The Labute approximate surface area is 149 Å². The minimum atomic E-state index is -1.03. The van der Waals surface area contributed by atoms with Crippen LogP contribution < -0.4 is 5.32 Å². The number of hydrogen-bond donors (Lipinski definition) is 2. The summed E-state index contributed by atoms with van der Waals surface area (Å²) < 4.78 is 5.44. The van der Waals surface area contributed by atoms with Gasteiger partial charge in [0.1, 0.15) is 5.01 Å². The van der Waals surface area contributed by atoms with Crippen LogP contribution in [0, 0.1) is 5.41 Å². The number of nitrogens with one attached hydrogen (secondary N) is 1. The summed E-state index contributed by atoms with van der Waals surface area (Å²) in [6, 6.07) is 7.61. The molecular formula is C18H20N2O4S. The van der Waals surface area contributed by atoms with Crippen LogP contribution in [0.25, 0.3) is 10.6 Å². The van der Waals surface area contributed by atoms with E-state index in [4.69, 9.17) is 9.84 Å². The van der Waals surface area contributed by atoms with E-state index in [9.17, 15) is 9.59 Å². The molecule has 1 aromatic heterocycles. The van der Waals surface area contributed by atoms with Crippen molar-refractivity contribution in [2.75, 3.05) is 13.2 Å². The molecule has 132 valence electrons. The van der Waals surface area contributed by atoms with E-state index in [-0.39, 0.29) is 11.6 Å². The maximum atomic E-state index is 12.5. The van der Waals surface area contributed by atoms with Gasteiger partial charge in [-0.25, -0.2) is 9.78 Å². The van der Waals surface area contributed by atoms with Gasteiger partial charge in [0, 0.05) is 24.1 Å². The Morgan fingerprint density at radius 1 is 1.44 bits per heavy atom. The molecule has 1 atom stereocenters. The number of benzene rings is 1. The molecule has 0 radical (unpaired) electrons. The summed E-state index contributed by atoms with van der Waals surface area (Å²) in [6.07, 6.45) is 1.73. The predicted octanol–water partition coefficient (Wildman–Crippen LogP) is 2.94. The smallest absolute Gasteiger partial charge is 0.355 e. The van der Waals surface area contributed by atoms with Gasteiger partial charge in [-0.3, -0.25) is 4.79 Å². The van der Waals surface area contributed by atoms with Gasteiger partial charge in [-0.2, -0.15) is 0 Å². The zero-order chi connectivity index (χ0) is 17.9. The third-order valence-electron chi connectivity index (χ3n) is 4.34. The lowest BCUT2D eigenvalue weighted by molar-refractivity contribution is -0.137. The zero-order valence-electron chi connectivity index (χ0n) is 13.9. The first-order valence-electron chi connectivity index (χ1n) is 8.12. The normalized spacial score (nSPS) is 20.2. The Morgan fingerprint density at radius 2 is 2.28 bits per heavy atom. The molecule has 1 fully saturated rings. The fourth-order valence-corrected chi connectivity index (χ4v) is 3.62. The Kier molecular flexibility index (Phi) is 5.15. The highest BCUT2D eigenvalue weighted by Gasteiger charge is 2.35. The van der Waals surface area contributed by atoms with Crippen molar-refractivity contribution in [1.82, 2.24) is 10.3 Å². The quantitative estimate of drug-likeness (QED) is 0.856. The van der Waals surface area contributed by atoms with E-state index >= 15 is 0 Å². The van der Waals surface area contributed by atoms with E-state index in [1.165, 1.54) is 16.7 Å². The summed E-state index contributed by atoms with van der Waals surface area (Å²) in [5, 5.41) is 14.1. The summed E-state index contributed by atoms with van der Waals surface area (Å²) in [6.45, 7) is 3.52. The molecule has 7 heteroatoms. The van der Waals surface area contributed by atoms with Crippen LogP contribution in [0.5, 0.6) is 0 Å². The summed E-state index contributed by atoms with van der Waals surface area (Å²) in [7, 11) is 0. The van der Waals surface area contributed by atoms with Crippen molar-refractivity contribution in [3.05, 3.63) is 40.9 Å². The van der Waals surface area contributed by atoms with Crippen LogP contribution >= 0.6 is 11.3 Å². The van der Waals surface area contributed by atoms with E-state index in [0.717, 1.165) is 30.6 Å². The first-order valence-corrected chi connectivity index (χ1v) is 9.00. The second kappa shape index (κ2) is 7.33. The molecule has 1 aliphatic rings. The number of aromatic carboxylic acids is 1. The third-order valence-corrected chi connectivity index (χ3v) is 5.23. The molecule has 25 heavy (non-hydrogen) atoms. The lowest BCUT2D eigenvalue weighted by atomic mass is 9.84. The molecular weight excluding hydrogens is 340 g/mol. The van der Waals surface area contributed by atoms with Gasteiger partial charge in [-0.15, -0.1) is 11.3 Å². The second-order valence-electron chi connectivity index (χ2n) is 6.44. The van der Waals surface area contributed by atoms with Crippen LogP contribution in [0.15, 0.2) is 29.6 Å². The average molecular weight is 360 g/mol. The Hall–Kier alpha value is -2.25. The first kappa shape index (κ1) is 17.6. The average Bonchev–Trinajstić information content (AvgIpc) is 3.11. The molecule has 3 rings (SSSR count). The SMILES string of the molecule is CC1(C(=O)NCc2cccc(-c3nc(C(=O)O)cs3)c2)CCCOC1. The molecule has 0 aliphatic carbocycles. The van der Waals surface area contributed by atoms with Gasteiger partial charge in [0.2, 0.25) is 5.91 Å². The number of carboxylic acids is 1. The van der Waals surface area contributed by atoms with Crippen LogP contribution in [-0.2, 0) is 16.1 Å². The van der Waals surface area contributed by atoms with Crippen LogP contribution in [0.4, 0.5) is 0 Å². The molecule has 1 aliphatic heterocycles. The zero-order valence-corrected chi connectivity index (χ0v) is 14.8. The van der Waals surface area contributed by atoms with E-state index in [1.54, 1.807) is 0 Å². The monoisotopic (exact) mass is 360 g/mol. The topological polar surface area (TPSA) is 88.5 Å². The van der Waals surface area contributed by atoms with Crippen molar-refractivity contribution in [1.29, 1.82) is 0 Å². The molecule has 6 nitrogen and oxygen atoms in total. The van der Waals surface area contributed by atoms with E-state index in [2.05, 4.69) is 10.3 Å². The molecule has 2 aromatic rings. The number of carbonyl (C=O) groups excluding carboxylic acids is 1. The number of aromatic nitrogens is 1. The molecule has 2 N–H and O–H groups in total. The van der Waals surface area contributed by atoms with Crippen molar-refractivity contribution in [2.45, 2.75) is 26.3 Å². The van der Waals surface area contributed by atoms with Crippen molar-refractivity contribution in [3.63, 3.8) is 0 Å². The number of rotatable bonds is 5. The minimum absolute atomic E-state index is 0.0000140. The van der Waals surface area contributed by atoms with Gasteiger partial charge in [-0.05, 0) is 31.4 Å². The van der Waals surface area contributed by atoms with Crippen molar-refractivity contribution < 1.29 is 19.4 Å². The van der Waals surface area contributed by atoms with Gasteiger partial charge in [0.25, 0.3) is 0 Å². The molecule has 0 bridgehead atoms. The van der Waals surface area contributed by atoms with Crippen molar-refractivity contribution in [2.24, 2.45) is 5.41 Å². The van der Waals surface area contributed by atoms with Crippen LogP contribution in [-0.4, -0.2) is 35.2 Å². The van der Waals surface area contributed by atoms with Crippen molar-refractivity contribution >= 4 is 23.2 Å². The Morgan fingerprint density at radius 3 is 2.96 bits per heavy atom. The Balaban J connectivity index is 1.67. The highest BCUT2D eigenvalue weighted by atomic mass is 32.1. The van der Waals surface area contributed by atoms with Crippen LogP contribution in [0.2, 0.25) is 0 Å². The van der Waals surface area contributed by atoms with Gasteiger partial charge in [-0.1, -0.05) is 18.2 Å². The number of nitrogens with zero attached hydrogens (tertiary/aromatic N) is 1. The number of amides is 1. The van der Waals surface area contributed by atoms with Crippen LogP contribution in [0.1, 0.15) is 35.8 Å². The minimum Gasteiger partial charge on any atom is -0.476 e. The lowest BCUT2D eigenvalue weighted by Crippen LogP contribution is -2.44. The fourth-order valence-electron chi connectivity index (χ4n) is 2.83. The number of hydrogen-bond acceptors (Lipinski definition) is 5. The maximum absolute atomic E-state index is 12.5. The molecule has 1 saturated heterocycles. The number of carboxylic acid groups (broad SMARTS) is 1. The standard InChI is InChI=1S/C18H20N2O4S/c1-18(6-3-7-24-11-18)17(23)19-9-12-4-2-5-13(8-12)15-20-14(10-25-15)16(21)22/h2,4-5,8,10H,3,6-7,9,11H2,1H3,(H,19,23)(H,21,22). The second-order valence-corrected chi connectivity index (χ2v) is 7.30. The summed E-state index contributed by atoms with van der Waals surface area (Å²) in [5.41, 5.74) is 1.36. The summed E-state index contributed by atoms with van der Waals surface area (Å²) >= 11 is 1.29. The predicted molar refractivity (Wildman–Crippen MR) is 94.5 cm³/mol. The summed E-state index contributed by atoms with van der Waals surface area (Å²) in [5.74, 6) is -1.03. The Bertz CT molecular complexity index is 781. The maximum Gasteiger partial charge on any atom is 0.355 e. The lowest BCUT2D eigenvalue weighted by Gasteiger charge is -2.31. The molecule has 1 amide bonds.